The van der Waals surface area contributed by atoms with Gasteiger partial charge in [-0.05, 0) is 18.2 Å². The molecule has 0 amide bonds. The van der Waals surface area contributed by atoms with Crippen LogP contribution in [0.25, 0.3) is 0 Å². The van der Waals surface area contributed by atoms with E-state index in [1.807, 2.05) is 0 Å². The smallest absolute Gasteiger partial charge is 0.131 e. The van der Waals surface area contributed by atoms with E-state index >= 15 is 0 Å². The number of nitrogens with one attached hydrogen (secondary N) is 1. The molecule has 0 aliphatic rings. The highest BCUT2D eigenvalue weighted by molar-refractivity contribution is 6.33. The van der Waals surface area contributed by atoms with E-state index in [2.05, 4.69) is 5.32 Å². The molecule has 0 aliphatic heterocycles. The molecule has 0 fully saturated rings. The summed E-state index contributed by atoms with van der Waals surface area (Å²) in [7, 11) is 3.08. The monoisotopic (exact) mass is 295 g/mol. The number of rotatable bonds is 5. The van der Waals surface area contributed by atoms with Crippen LogP contribution >= 0.6 is 11.6 Å². The Morgan fingerprint density at radius 1 is 1.05 bits per heavy atom. The third-order valence-electron chi connectivity index (χ3n) is 2.90. The predicted molar refractivity (Wildman–Crippen MR) is 78.3 cm³/mol. The lowest BCUT2D eigenvalue weighted by Crippen LogP contribution is -2.03. The number of hydrogen-bond acceptors (Lipinski definition) is 3. The average molecular weight is 296 g/mol. The van der Waals surface area contributed by atoms with Gasteiger partial charge in [-0.2, -0.15) is 0 Å². The standard InChI is InChI=1S/C15H15ClFNO2/c1-19-11-4-3-10(14(17)7-11)9-18-15-8-12(20-2)5-6-13(15)16/h3-8,18H,9H2,1-2H3. The number of benzene rings is 2. The number of hydrogen-bond donors (Lipinski definition) is 1. The van der Waals surface area contributed by atoms with Crippen molar-refractivity contribution in [3.8, 4) is 11.5 Å². The molecule has 0 radical (unpaired) electrons. The maximum atomic E-state index is 13.8. The van der Waals surface area contributed by atoms with Gasteiger partial charge in [-0.3, -0.25) is 0 Å². The van der Waals surface area contributed by atoms with Crippen molar-refractivity contribution in [2.24, 2.45) is 0 Å². The molecule has 2 aromatic carbocycles. The molecular formula is C15H15ClFNO2. The molecule has 20 heavy (non-hydrogen) atoms. The van der Waals surface area contributed by atoms with Crippen molar-refractivity contribution >= 4 is 17.3 Å². The van der Waals surface area contributed by atoms with E-state index in [9.17, 15) is 4.39 Å². The lowest BCUT2D eigenvalue weighted by atomic mass is 10.2. The highest BCUT2D eigenvalue weighted by Crippen LogP contribution is 2.27. The summed E-state index contributed by atoms with van der Waals surface area (Å²) in [5.41, 5.74) is 1.23. The van der Waals surface area contributed by atoms with Gasteiger partial charge < -0.3 is 14.8 Å². The molecular weight excluding hydrogens is 281 g/mol. The van der Waals surface area contributed by atoms with Gasteiger partial charge in [-0.1, -0.05) is 17.7 Å². The zero-order chi connectivity index (χ0) is 14.5. The molecule has 2 aromatic rings. The Hall–Kier alpha value is -1.94. The Labute approximate surface area is 122 Å². The van der Waals surface area contributed by atoms with Crippen LogP contribution in [0.3, 0.4) is 0 Å². The second kappa shape index (κ2) is 6.48. The van der Waals surface area contributed by atoms with E-state index in [0.717, 1.165) is 0 Å². The minimum Gasteiger partial charge on any atom is -0.497 e. The van der Waals surface area contributed by atoms with E-state index in [4.69, 9.17) is 21.1 Å². The zero-order valence-electron chi connectivity index (χ0n) is 11.2. The minimum atomic E-state index is -0.323. The van der Waals surface area contributed by atoms with Gasteiger partial charge in [0.05, 0.1) is 24.9 Å². The summed E-state index contributed by atoms with van der Waals surface area (Å²) in [6.07, 6.45) is 0. The third-order valence-corrected chi connectivity index (χ3v) is 3.23. The first-order valence-corrected chi connectivity index (χ1v) is 6.41. The molecule has 5 heteroatoms. The Balaban J connectivity index is 2.12. The maximum Gasteiger partial charge on any atom is 0.131 e. The lowest BCUT2D eigenvalue weighted by Gasteiger charge is -2.11. The van der Waals surface area contributed by atoms with E-state index < -0.39 is 0 Å². The molecule has 106 valence electrons. The van der Waals surface area contributed by atoms with Gasteiger partial charge in [0.15, 0.2) is 0 Å². The van der Waals surface area contributed by atoms with Crippen molar-refractivity contribution in [3.05, 3.63) is 52.8 Å². The van der Waals surface area contributed by atoms with Crippen LogP contribution in [-0.4, -0.2) is 14.2 Å². The van der Waals surface area contributed by atoms with Gasteiger partial charge in [0.2, 0.25) is 0 Å². The number of methoxy groups -OCH3 is 2. The van der Waals surface area contributed by atoms with Crippen LogP contribution in [0.15, 0.2) is 36.4 Å². The molecule has 0 aromatic heterocycles. The fourth-order valence-electron chi connectivity index (χ4n) is 1.76. The second-order valence-electron chi connectivity index (χ2n) is 4.16. The van der Waals surface area contributed by atoms with Crippen LogP contribution in [0.1, 0.15) is 5.56 Å². The van der Waals surface area contributed by atoms with Crippen LogP contribution in [-0.2, 0) is 6.54 Å². The average Bonchev–Trinajstić information content (AvgIpc) is 2.47. The predicted octanol–water partition coefficient (Wildman–Crippen LogP) is 4.11. The molecule has 0 saturated heterocycles. The molecule has 0 aliphatic carbocycles. The first-order chi connectivity index (χ1) is 9.63. The van der Waals surface area contributed by atoms with E-state index in [1.165, 1.54) is 13.2 Å². The van der Waals surface area contributed by atoms with Gasteiger partial charge in [-0.15, -0.1) is 0 Å². The van der Waals surface area contributed by atoms with E-state index in [1.54, 1.807) is 37.4 Å². The quantitative estimate of drug-likeness (QED) is 0.900. The Bertz CT molecular complexity index is 604. The van der Waals surface area contributed by atoms with Crippen LogP contribution in [0.4, 0.5) is 10.1 Å². The Morgan fingerprint density at radius 3 is 2.35 bits per heavy atom. The number of anilines is 1. The number of ether oxygens (including phenoxy) is 2. The van der Waals surface area contributed by atoms with Gasteiger partial charge in [0.25, 0.3) is 0 Å². The highest BCUT2D eigenvalue weighted by Gasteiger charge is 2.06. The molecule has 1 N–H and O–H groups in total. The summed E-state index contributed by atoms with van der Waals surface area (Å²) in [5, 5.41) is 3.64. The van der Waals surface area contributed by atoms with Crippen LogP contribution < -0.4 is 14.8 Å². The highest BCUT2D eigenvalue weighted by atomic mass is 35.5. The summed E-state index contributed by atoms with van der Waals surface area (Å²) in [6.45, 7) is 0.322. The van der Waals surface area contributed by atoms with Crippen molar-refractivity contribution in [2.75, 3.05) is 19.5 Å². The lowest BCUT2D eigenvalue weighted by molar-refractivity contribution is 0.411. The summed E-state index contributed by atoms with van der Waals surface area (Å²) >= 11 is 6.08. The van der Waals surface area contributed by atoms with Crippen molar-refractivity contribution < 1.29 is 13.9 Å². The Morgan fingerprint density at radius 2 is 1.70 bits per heavy atom. The summed E-state index contributed by atoms with van der Waals surface area (Å²) in [5.74, 6) is 0.855. The molecule has 2 rings (SSSR count). The van der Waals surface area contributed by atoms with Crippen LogP contribution in [0, 0.1) is 5.82 Å². The first-order valence-electron chi connectivity index (χ1n) is 6.04. The van der Waals surface area contributed by atoms with Crippen molar-refractivity contribution in [3.63, 3.8) is 0 Å². The fraction of sp³-hybridized carbons (Fsp3) is 0.200. The third kappa shape index (κ3) is 3.33. The zero-order valence-corrected chi connectivity index (χ0v) is 12.0. The van der Waals surface area contributed by atoms with Crippen molar-refractivity contribution in [1.82, 2.24) is 0 Å². The minimum absolute atomic E-state index is 0.322. The van der Waals surface area contributed by atoms with Crippen LogP contribution in [0.2, 0.25) is 5.02 Å². The molecule has 0 saturated carbocycles. The fourth-order valence-corrected chi connectivity index (χ4v) is 1.94. The largest absolute Gasteiger partial charge is 0.497 e. The van der Waals surface area contributed by atoms with E-state index in [0.29, 0.717) is 34.3 Å². The molecule has 0 spiro atoms. The first kappa shape index (κ1) is 14.5. The van der Waals surface area contributed by atoms with E-state index in [-0.39, 0.29) is 5.82 Å². The van der Waals surface area contributed by atoms with Gasteiger partial charge in [-0.25, -0.2) is 4.39 Å². The molecule has 0 atom stereocenters. The normalized spacial score (nSPS) is 10.2. The Kier molecular flexibility index (Phi) is 4.69. The van der Waals surface area contributed by atoms with Crippen molar-refractivity contribution in [1.29, 1.82) is 0 Å². The summed E-state index contributed by atoms with van der Waals surface area (Å²) in [4.78, 5) is 0. The van der Waals surface area contributed by atoms with Gasteiger partial charge in [0, 0.05) is 24.2 Å². The SMILES string of the molecule is COc1ccc(CNc2cc(OC)ccc2Cl)c(F)c1. The molecule has 3 nitrogen and oxygen atoms in total. The van der Waals surface area contributed by atoms with Gasteiger partial charge >= 0.3 is 0 Å². The molecule has 0 unspecified atom stereocenters. The van der Waals surface area contributed by atoms with Crippen molar-refractivity contribution in [2.45, 2.75) is 6.54 Å². The van der Waals surface area contributed by atoms with Crippen LogP contribution in [0.5, 0.6) is 11.5 Å². The van der Waals surface area contributed by atoms with Gasteiger partial charge in [0.1, 0.15) is 17.3 Å². The topological polar surface area (TPSA) is 30.5 Å². The summed E-state index contributed by atoms with van der Waals surface area (Å²) in [6, 6.07) is 10.0. The summed E-state index contributed by atoms with van der Waals surface area (Å²) < 4.78 is 23.9. The maximum absolute atomic E-state index is 13.8. The second-order valence-corrected chi connectivity index (χ2v) is 4.56. The molecule has 0 bridgehead atoms. The number of halogens is 2. The molecule has 0 heterocycles.